The summed E-state index contributed by atoms with van der Waals surface area (Å²) >= 11 is 0. The van der Waals surface area contributed by atoms with Gasteiger partial charge in [-0.05, 0) is 89.9 Å². The van der Waals surface area contributed by atoms with E-state index in [-0.39, 0.29) is 18.5 Å². The van der Waals surface area contributed by atoms with E-state index in [0.29, 0.717) is 19.4 Å². The highest BCUT2D eigenvalue weighted by atomic mass is 16.5. The third kappa shape index (κ3) is 45.4. The van der Waals surface area contributed by atoms with E-state index in [9.17, 15) is 19.8 Å². The molecule has 59 heavy (non-hydrogen) atoms. The molecule has 0 aromatic carbocycles. The molecule has 0 aromatic heterocycles. The molecule has 0 saturated heterocycles. The van der Waals surface area contributed by atoms with Crippen LogP contribution in [0.4, 0.5) is 0 Å². The van der Waals surface area contributed by atoms with E-state index < -0.39 is 12.1 Å². The third-order valence-electron chi connectivity index (χ3n) is 11.6. The Morgan fingerprint density at radius 3 is 1.22 bits per heavy atom. The van der Waals surface area contributed by atoms with Crippen LogP contribution in [0.15, 0.2) is 36.5 Å². The molecule has 3 N–H and O–H groups in total. The number of hydrogen-bond acceptors (Lipinski definition) is 5. The Kier molecular flexibility index (Phi) is 47.2. The fourth-order valence-corrected chi connectivity index (χ4v) is 7.62. The number of carbonyl (C=O) groups is 2. The summed E-state index contributed by atoms with van der Waals surface area (Å²) in [5, 5.41) is 23.1. The molecule has 6 heteroatoms. The van der Waals surface area contributed by atoms with Gasteiger partial charge in [-0.25, -0.2) is 0 Å². The topological polar surface area (TPSA) is 95.9 Å². The average molecular weight is 830 g/mol. The molecule has 0 radical (unpaired) electrons. The fraction of sp³-hybridized carbons (Fsp3) is 0.849. The molecule has 0 aliphatic heterocycles. The van der Waals surface area contributed by atoms with E-state index in [0.717, 1.165) is 83.5 Å². The van der Waals surface area contributed by atoms with Gasteiger partial charge in [0.2, 0.25) is 5.91 Å². The predicted octanol–water partition coefficient (Wildman–Crippen LogP) is 15.3. The Morgan fingerprint density at radius 2 is 0.797 bits per heavy atom. The number of amides is 1. The van der Waals surface area contributed by atoms with Crippen LogP contribution in [-0.4, -0.2) is 47.4 Å². The molecular formula is C53H99NO5. The largest absolute Gasteiger partial charge is 0.466 e. The highest BCUT2D eigenvalue weighted by molar-refractivity contribution is 5.76. The molecule has 0 saturated carbocycles. The molecule has 1 amide bonds. The van der Waals surface area contributed by atoms with Gasteiger partial charge in [-0.2, -0.15) is 0 Å². The maximum Gasteiger partial charge on any atom is 0.305 e. The molecule has 2 unspecified atom stereocenters. The summed E-state index contributed by atoms with van der Waals surface area (Å²) in [7, 11) is 0. The average Bonchev–Trinajstić information content (AvgIpc) is 3.24. The van der Waals surface area contributed by atoms with Crippen LogP contribution < -0.4 is 5.32 Å². The molecule has 2 atom stereocenters. The lowest BCUT2D eigenvalue weighted by atomic mass is 10.0. The van der Waals surface area contributed by atoms with Crippen LogP contribution in [0.25, 0.3) is 0 Å². The molecule has 0 aliphatic rings. The van der Waals surface area contributed by atoms with Gasteiger partial charge < -0.3 is 20.3 Å². The van der Waals surface area contributed by atoms with E-state index in [4.69, 9.17) is 4.74 Å². The second-order valence-corrected chi connectivity index (χ2v) is 17.5. The summed E-state index contributed by atoms with van der Waals surface area (Å²) in [4.78, 5) is 24.4. The van der Waals surface area contributed by atoms with Crippen LogP contribution in [0.3, 0.4) is 0 Å². The Balaban J connectivity index is 3.56. The highest BCUT2D eigenvalue weighted by Gasteiger charge is 2.18. The Labute approximate surface area is 366 Å². The first-order valence-corrected chi connectivity index (χ1v) is 25.8. The summed E-state index contributed by atoms with van der Waals surface area (Å²) in [5.74, 6) is -0.128. The van der Waals surface area contributed by atoms with Crippen LogP contribution in [0.5, 0.6) is 0 Å². The molecule has 346 valence electrons. The lowest BCUT2D eigenvalue weighted by Gasteiger charge is -2.20. The van der Waals surface area contributed by atoms with Crippen molar-refractivity contribution >= 4 is 11.9 Å². The molecule has 6 nitrogen and oxygen atoms in total. The van der Waals surface area contributed by atoms with Gasteiger partial charge in [-0.1, -0.05) is 198 Å². The maximum atomic E-state index is 12.4. The molecule has 0 aromatic rings. The number of aliphatic hydroxyl groups excluding tert-OH is 2. The number of carbonyl (C=O) groups excluding carboxylic acids is 2. The van der Waals surface area contributed by atoms with Crippen LogP contribution >= 0.6 is 0 Å². The molecule has 0 heterocycles. The first-order valence-electron chi connectivity index (χ1n) is 25.8. The second-order valence-electron chi connectivity index (χ2n) is 17.5. The van der Waals surface area contributed by atoms with Gasteiger partial charge in [-0.15, -0.1) is 0 Å². The number of unbranched alkanes of at least 4 members (excludes halogenated alkanes) is 32. The lowest BCUT2D eigenvalue weighted by molar-refractivity contribution is -0.143. The zero-order chi connectivity index (χ0) is 43.0. The van der Waals surface area contributed by atoms with Crippen molar-refractivity contribution in [3.8, 4) is 0 Å². The highest BCUT2D eigenvalue weighted by Crippen LogP contribution is 2.15. The second kappa shape index (κ2) is 48.7. The Morgan fingerprint density at radius 1 is 0.458 bits per heavy atom. The van der Waals surface area contributed by atoms with Crippen LogP contribution in [0.1, 0.15) is 264 Å². The van der Waals surface area contributed by atoms with Gasteiger partial charge in [0.15, 0.2) is 0 Å². The monoisotopic (exact) mass is 830 g/mol. The molecule has 0 spiro atoms. The fourth-order valence-electron chi connectivity index (χ4n) is 7.62. The molecule has 0 fully saturated rings. The minimum Gasteiger partial charge on any atom is -0.466 e. The van der Waals surface area contributed by atoms with Crippen LogP contribution in [0, 0.1) is 0 Å². The van der Waals surface area contributed by atoms with Gasteiger partial charge in [0.1, 0.15) is 0 Å². The maximum absolute atomic E-state index is 12.4. The van der Waals surface area contributed by atoms with E-state index in [2.05, 4.69) is 43.5 Å². The van der Waals surface area contributed by atoms with Gasteiger partial charge in [0, 0.05) is 12.8 Å². The molecule has 0 rings (SSSR count). The summed E-state index contributed by atoms with van der Waals surface area (Å²) in [6.07, 6.45) is 58.5. The number of nitrogens with one attached hydrogen (secondary N) is 1. The number of esters is 1. The molecule has 0 aliphatic carbocycles. The predicted molar refractivity (Wildman–Crippen MR) is 255 cm³/mol. The third-order valence-corrected chi connectivity index (χ3v) is 11.6. The smallest absolute Gasteiger partial charge is 0.305 e. The van der Waals surface area contributed by atoms with Crippen molar-refractivity contribution < 1.29 is 24.5 Å². The Bertz CT molecular complexity index is 962. The standard InChI is InChI=1S/C53H99NO5/c1-3-5-7-9-11-13-15-17-18-19-20-22-25-29-33-37-41-45-51(56)50(49-55)54-52(57)46-42-38-34-30-26-23-24-28-32-36-40-44-48-59-53(58)47-43-39-35-31-27-21-16-14-12-10-8-6-4-2/h14,16,24,28,41,45,50-51,55-56H,3-13,15,17-23,25-27,29-40,42-44,46-49H2,1-2H3,(H,54,57)/b16-14-,28-24-,45-41+. The van der Waals surface area contributed by atoms with Crippen molar-refractivity contribution in [3.05, 3.63) is 36.5 Å². The van der Waals surface area contributed by atoms with Crippen molar-refractivity contribution in [1.82, 2.24) is 5.32 Å². The normalized spacial score (nSPS) is 12.9. The summed E-state index contributed by atoms with van der Waals surface area (Å²) in [6.45, 7) is 4.82. The van der Waals surface area contributed by atoms with Gasteiger partial charge in [-0.3, -0.25) is 9.59 Å². The number of ether oxygens (including phenoxy) is 1. The van der Waals surface area contributed by atoms with Gasteiger partial charge in [0.25, 0.3) is 0 Å². The first-order chi connectivity index (χ1) is 29.0. The zero-order valence-electron chi connectivity index (χ0n) is 39.2. The minimum atomic E-state index is -0.861. The van der Waals surface area contributed by atoms with Gasteiger partial charge in [0.05, 0.1) is 25.4 Å². The van der Waals surface area contributed by atoms with Crippen molar-refractivity contribution in [3.63, 3.8) is 0 Å². The number of aliphatic hydroxyl groups is 2. The molecular weight excluding hydrogens is 731 g/mol. The summed E-state index contributed by atoms with van der Waals surface area (Å²) in [5.41, 5.74) is 0. The number of hydrogen-bond donors (Lipinski definition) is 3. The van der Waals surface area contributed by atoms with E-state index >= 15 is 0 Å². The quantitative estimate of drug-likeness (QED) is 0.0323. The van der Waals surface area contributed by atoms with E-state index in [1.54, 1.807) is 6.08 Å². The van der Waals surface area contributed by atoms with Crippen LogP contribution in [0.2, 0.25) is 0 Å². The SMILES string of the molecule is CCCCCC/C=C\CCCCCCCC(=O)OCCCCC/C=C\CCCCCCCC(=O)NC(CO)C(O)/C=C/CCCCCCCCCCCCCCCCC. The Hall–Kier alpha value is -1.92. The van der Waals surface area contributed by atoms with Gasteiger partial charge >= 0.3 is 5.97 Å². The lowest BCUT2D eigenvalue weighted by Crippen LogP contribution is -2.45. The minimum absolute atomic E-state index is 0.0341. The van der Waals surface area contributed by atoms with Crippen molar-refractivity contribution in [1.29, 1.82) is 0 Å². The van der Waals surface area contributed by atoms with Crippen molar-refractivity contribution in [2.45, 2.75) is 276 Å². The zero-order valence-corrected chi connectivity index (χ0v) is 39.2. The van der Waals surface area contributed by atoms with Crippen LogP contribution in [-0.2, 0) is 14.3 Å². The van der Waals surface area contributed by atoms with E-state index in [1.165, 1.54) is 154 Å². The summed E-state index contributed by atoms with van der Waals surface area (Å²) in [6, 6.07) is -0.647. The summed E-state index contributed by atoms with van der Waals surface area (Å²) < 4.78 is 5.43. The number of rotatable bonds is 47. The van der Waals surface area contributed by atoms with Crippen molar-refractivity contribution in [2.24, 2.45) is 0 Å². The first kappa shape index (κ1) is 57.1. The van der Waals surface area contributed by atoms with Crippen molar-refractivity contribution in [2.75, 3.05) is 13.2 Å². The van der Waals surface area contributed by atoms with E-state index in [1.807, 2.05) is 6.08 Å². The number of allylic oxidation sites excluding steroid dienone is 5. The molecule has 0 bridgehead atoms.